The summed E-state index contributed by atoms with van der Waals surface area (Å²) in [5.41, 5.74) is 1.97. The zero-order valence-corrected chi connectivity index (χ0v) is 19.7. The first-order valence-electron chi connectivity index (χ1n) is 11.4. The summed E-state index contributed by atoms with van der Waals surface area (Å²) >= 11 is 0. The minimum Gasteiger partial charge on any atom is -0.326 e. The Balaban J connectivity index is 1.27. The summed E-state index contributed by atoms with van der Waals surface area (Å²) in [6.07, 6.45) is 0.904. The van der Waals surface area contributed by atoms with Gasteiger partial charge < -0.3 is 10.2 Å². The first-order chi connectivity index (χ1) is 15.8. The van der Waals surface area contributed by atoms with Crippen molar-refractivity contribution in [3.63, 3.8) is 0 Å². The Bertz CT molecular complexity index is 1040. The van der Waals surface area contributed by atoms with E-state index in [1.807, 2.05) is 24.3 Å². The molecule has 7 nitrogen and oxygen atoms in total. The van der Waals surface area contributed by atoms with Crippen molar-refractivity contribution in [2.75, 3.05) is 51.6 Å². The van der Waals surface area contributed by atoms with Crippen molar-refractivity contribution in [2.45, 2.75) is 24.3 Å². The van der Waals surface area contributed by atoms with Gasteiger partial charge in [-0.3, -0.25) is 9.69 Å². The first kappa shape index (κ1) is 23.8. The predicted octanol–water partition coefficient (Wildman–Crippen LogP) is 2.61. The number of halogens is 1. The average Bonchev–Trinajstić information content (AvgIpc) is 2.82. The van der Waals surface area contributed by atoms with E-state index in [0.717, 1.165) is 50.5 Å². The Kier molecular flexibility index (Phi) is 7.43. The lowest BCUT2D eigenvalue weighted by atomic mass is 9.97. The number of piperazine rings is 1. The number of benzene rings is 2. The van der Waals surface area contributed by atoms with E-state index in [1.54, 1.807) is 0 Å². The van der Waals surface area contributed by atoms with Gasteiger partial charge in [0, 0.05) is 57.4 Å². The molecule has 0 atom stereocenters. The van der Waals surface area contributed by atoms with Crippen LogP contribution in [-0.2, 0) is 21.4 Å². The lowest BCUT2D eigenvalue weighted by Crippen LogP contribution is -2.43. The first-order valence-corrected chi connectivity index (χ1v) is 12.8. The highest BCUT2D eigenvalue weighted by molar-refractivity contribution is 7.89. The molecule has 178 valence electrons. The molecule has 0 bridgehead atoms. The van der Waals surface area contributed by atoms with Gasteiger partial charge in [-0.15, -0.1) is 0 Å². The van der Waals surface area contributed by atoms with Crippen LogP contribution in [0.3, 0.4) is 0 Å². The highest BCUT2D eigenvalue weighted by atomic mass is 32.2. The summed E-state index contributed by atoms with van der Waals surface area (Å²) in [6.45, 7) is 5.72. The zero-order valence-electron chi connectivity index (χ0n) is 18.9. The van der Waals surface area contributed by atoms with Crippen LogP contribution in [0.25, 0.3) is 0 Å². The van der Waals surface area contributed by atoms with Crippen molar-refractivity contribution in [2.24, 2.45) is 5.92 Å². The molecule has 33 heavy (non-hydrogen) atoms. The number of nitrogens with zero attached hydrogens (tertiary/aromatic N) is 3. The van der Waals surface area contributed by atoms with E-state index in [2.05, 4.69) is 22.2 Å². The van der Waals surface area contributed by atoms with Gasteiger partial charge in [-0.25, -0.2) is 12.8 Å². The summed E-state index contributed by atoms with van der Waals surface area (Å²) < 4.78 is 40.0. The molecular formula is C24H31FN4O3S. The van der Waals surface area contributed by atoms with E-state index in [-0.39, 0.29) is 29.8 Å². The van der Waals surface area contributed by atoms with Crippen molar-refractivity contribution >= 4 is 21.6 Å². The number of rotatable bonds is 6. The van der Waals surface area contributed by atoms with Gasteiger partial charge in [0.05, 0.1) is 4.90 Å². The summed E-state index contributed by atoms with van der Waals surface area (Å²) in [6, 6.07) is 12.8. The van der Waals surface area contributed by atoms with Gasteiger partial charge in [0.1, 0.15) is 5.82 Å². The van der Waals surface area contributed by atoms with E-state index < -0.39 is 15.8 Å². The second-order valence-corrected chi connectivity index (χ2v) is 10.8. The molecule has 0 aliphatic carbocycles. The summed E-state index contributed by atoms with van der Waals surface area (Å²) in [5, 5.41) is 2.97. The van der Waals surface area contributed by atoms with Crippen LogP contribution < -0.4 is 5.32 Å². The summed E-state index contributed by atoms with van der Waals surface area (Å²) in [4.78, 5) is 17.6. The van der Waals surface area contributed by atoms with Crippen LogP contribution >= 0.6 is 0 Å². The number of carbonyl (C=O) groups is 1. The number of nitrogens with one attached hydrogen (secondary N) is 1. The second kappa shape index (κ2) is 10.3. The lowest BCUT2D eigenvalue weighted by molar-refractivity contribution is -0.120. The highest BCUT2D eigenvalue weighted by Crippen LogP contribution is 2.25. The molecule has 2 aromatic rings. The number of hydrogen-bond donors (Lipinski definition) is 1. The molecule has 0 unspecified atom stereocenters. The maximum atomic E-state index is 13.1. The molecule has 2 aliphatic rings. The van der Waals surface area contributed by atoms with E-state index in [1.165, 1.54) is 22.0 Å². The summed E-state index contributed by atoms with van der Waals surface area (Å²) in [7, 11) is -1.54. The largest absolute Gasteiger partial charge is 0.326 e. The number of piperidine rings is 1. The molecule has 0 spiro atoms. The number of sulfonamides is 1. The molecule has 2 aliphatic heterocycles. The molecule has 2 heterocycles. The summed E-state index contributed by atoms with van der Waals surface area (Å²) in [5.74, 6) is -0.799. The minimum atomic E-state index is -3.68. The second-order valence-electron chi connectivity index (χ2n) is 8.90. The zero-order chi connectivity index (χ0) is 23.4. The Labute approximate surface area is 195 Å². The molecule has 2 aromatic carbocycles. The maximum Gasteiger partial charge on any atom is 0.243 e. The van der Waals surface area contributed by atoms with Crippen LogP contribution in [0.4, 0.5) is 10.1 Å². The van der Waals surface area contributed by atoms with Gasteiger partial charge in [0.2, 0.25) is 15.9 Å². The standard InChI is InChI=1S/C24H31FN4O3S/c1-27-14-16-28(17-15-27)18-19-2-6-22(7-3-19)26-24(30)20-10-12-29(13-11-20)33(31,32)23-8-4-21(25)5-9-23/h2-9,20H,10-18H2,1H3,(H,26,30). The van der Waals surface area contributed by atoms with Crippen molar-refractivity contribution in [3.05, 3.63) is 59.9 Å². The van der Waals surface area contributed by atoms with Gasteiger partial charge in [-0.1, -0.05) is 12.1 Å². The maximum absolute atomic E-state index is 13.1. The van der Waals surface area contributed by atoms with E-state index in [0.29, 0.717) is 12.8 Å². The number of likely N-dealkylation sites (N-methyl/N-ethyl adjacent to an activating group) is 1. The number of hydrogen-bond acceptors (Lipinski definition) is 5. The van der Waals surface area contributed by atoms with Crippen LogP contribution in [0, 0.1) is 11.7 Å². The van der Waals surface area contributed by atoms with Gasteiger partial charge in [-0.2, -0.15) is 4.31 Å². The van der Waals surface area contributed by atoms with Crippen molar-refractivity contribution in [1.82, 2.24) is 14.1 Å². The topological polar surface area (TPSA) is 73.0 Å². The third-order valence-corrected chi connectivity index (χ3v) is 8.41. The Morgan fingerprint density at radius 1 is 0.939 bits per heavy atom. The van der Waals surface area contributed by atoms with E-state index in [9.17, 15) is 17.6 Å². The van der Waals surface area contributed by atoms with Crippen LogP contribution in [-0.4, -0.2) is 74.7 Å². The molecular weight excluding hydrogens is 443 g/mol. The van der Waals surface area contributed by atoms with Crippen LogP contribution in [0.5, 0.6) is 0 Å². The molecule has 1 N–H and O–H groups in total. The predicted molar refractivity (Wildman–Crippen MR) is 126 cm³/mol. The fourth-order valence-electron chi connectivity index (χ4n) is 4.32. The van der Waals surface area contributed by atoms with Crippen molar-refractivity contribution < 1.29 is 17.6 Å². The number of carbonyl (C=O) groups excluding carboxylic acids is 1. The smallest absolute Gasteiger partial charge is 0.243 e. The van der Waals surface area contributed by atoms with Gasteiger partial charge in [0.15, 0.2) is 0 Å². The Morgan fingerprint density at radius 2 is 1.55 bits per heavy atom. The molecule has 0 radical (unpaired) electrons. The van der Waals surface area contributed by atoms with Gasteiger partial charge in [-0.05, 0) is 61.9 Å². The van der Waals surface area contributed by atoms with Crippen LogP contribution in [0.15, 0.2) is 53.4 Å². The molecule has 2 saturated heterocycles. The molecule has 9 heteroatoms. The monoisotopic (exact) mass is 474 g/mol. The lowest BCUT2D eigenvalue weighted by Gasteiger charge is -2.32. The Morgan fingerprint density at radius 3 is 2.15 bits per heavy atom. The van der Waals surface area contributed by atoms with Crippen molar-refractivity contribution in [1.29, 1.82) is 0 Å². The normalized spacial score (nSPS) is 19.5. The third kappa shape index (κ3) is 5.97. The van der Waals surface area contributed by atoms with E-state index >= 15 is 0 Å². The molecule has 0 saturated carbocycles. The van der Waals surface area contributed by atoms with Crippen LogP contribution in [0.2, 0.25) is 0 Å². The number of anilines is 1. The quantitative estimate of drug-likeness (QED) is 0.697. The molecule has 4 rings (SSSR count). The molecule has 1 amide bonds. The fraction of sp³-hybridized carbons (Fsp3) is 0.458. The van der Waals surface area contributed by atoms with Gasteiger partial charge >= 0.3 is 0 Å². The van der Waals surface area contributed by atoms with E-state index in [4.69, 9.17) is 0 Å². The third-order valence-electron chi connectivity index (χ3n) is 6.50. The SMILES string of the molecule is CN1CCN(Cc2ccc(NC(=O)C3CCN(S(=O)(=O)c4ccc(F)cc4)CC3)cc2)CC1. The van der Waals surface area contributed by atoms with Gasteiger partial charge in [0.25, 0.3) is 0 Å². The fourth-order valence-corrected chi connectivity index (χ4v) is 5.79. The molecule has 2 fully saturated rings. The Hall–Kier alpha value is -2.33. The van der Waals surface area contributed by atoms with Crippen LogP contribution in [0.1, 0.15) is 18.4 Å². The highest BCUT2D eigenvalue weighted by Gasteiger charge is 2.32. The average molecular weight is 475 g/mol. The minimum absolute atomic E-state index is 0.0727. The molecule has 0 aromatic heterocycles. The number of amides is 1. The van der Waals surface area contributed by atoms with Crippen molar-refractivity contribution in [3.8, 4) is 0 Å².